The zero-order valence-electron chi connectivity index (χ0n) is 6.88. The Balaban J connectivity index is 3.11. The molecule has 0 spiro atoms. The summed E-state index contributed by atoms with van der Waals surface area (Å²) in [5, 5.41) is 0.265. The number of hydrogen-bond donors (Lipinski definition) is 0. The number of methoxy groups -OCH3 is 1. The van der Waals surface area contributed by atoms with Crippen LogP contribution >= 0.6 is 23.2 Å². The van der Waals surface area contributed by atoms with Crippen molar-refractivity contribution in [2.24, 2.45) is 0 Å². The molecule has 1 aromatic heterocycles. The molecule has 0 unspecified atom stereocenters. The van der Waals surface area contributed by atoms with Crippen molar-refractivity contribution in [2.75, 3.05) is 7.11 Å². The van der Waals surface area contributed by atoms with Gasteiger partial charge < -0.3 is 4.74 Å². The van der Waals surface area contributed by atoms with Gasteiger partial charge in [0, 0.05) is 0 Å². The van der Waals surface area contributed by atoms with E-state index in [9.17, 15) is 4.79 Å². The Labute approximate surface area is 85.6 Å². The highest BCUT2D eigenvalue weighted by atomic mass is 35.5. The molecule has 0 saturated carbocycles. The average molecular weight is 220 g/mol. The van der Waals surface area contributed by atoms with Gasteiger partial charge in [-0.3, -0.25) is 0 Å². The monoisotopic (exact) mass is 219 g/mol. The van der Waals surface area contributed by atoms with Gasteiger partial charge in [0.05, 0.1) is 23.7 Å². The van der Waals surface area contributed by atoms with Gasteiger partial charge in [-0.25, -0.2) is 9.78 Å². The van der Waals surface area contributed by atoms with Crippen LogP contribution in [0.1, 0.15) is 16.2 Å². The topological polar surface area (TPSA) is 39.2 Å². The molecule has 0 aliphatic carbocycles. The average Bonchev–Trinajstić information content (AvgIpc) is 2.17. The van der Waals surface area contributed by atoms with E-state index in [-0.39, 0.29) is 16.6 Å². The minimum absolute atomic E-state index is 0.0994. The van der Waals surface area contributed by atoms with Crippen LogP contribution in [0.4, 0.5) is 0 Å². The molecule has 70 valence electrons. The molecule has 0 atom stereocenters. The molecule has 1 heterocycles. The Kier molecular flexibility index (Phi) is 3.51. The SMILES string of the molecule is COC(=O)c1nc(CCl)ccc1Cl. The van der Waals surface area contributed by atoms with Gasteiger partial charge in [0.1, 0.15) is 0 Å². The highest BCUT2D eigenvalue weighted by Gasteiger charge is 2.12. The van der Waals surface area contributed by atoms with Gasteiger partial charge in [-0.1, -0.05) is 11.6 Å². The summed E-state index contributed by atoms with van der Waals surface area (Å²) in [6.45, 7) is 0. The van der Waals surface area contributed by atoms with Crippen molar-refractivity contribution in [2.45, 2.75) is 5.88 Å². The second kappa shape index (κ2) is 4.44. The van der Waals surface area contributed by atoms with Gasteiger partial charge in [-0.05, 0) is 12.1 Å². The number of halogens is 2. The van der Waals surface area contributed by atoms with E-state index in [0.29, 0.717) is 5.69 Å². The molecule has 0 N–H and O–H groups in total. The number of esters is 1. The summed E-state index contributed by atoms with van der Waals surface area (Å²) in [7, 11) is 1.27. The third kappa shape index (κ3) is 2.32. The summed E-state index contributed by atoms with van der Waals surface area (Å²) < 4.78 is 4.49. The first-order valence-electron chi connectivity index (χ1n) is 3.48. The fourth-order valence-electron chi connectivity index (χ4n) is 0.797. The predicted octanol–water partition coefficient (Wildman–Crippen LogP) is 2.26. The molecule has 13 heavy (non-hydrogen) atoms. The molecule has 5 heteroatoms. The van der Waals surface area contributed by atoms with E-state index < -0.39 is 5.97 Å². The normalized spacial score (nSPS) is 9.77. The van der Waals surface area contributed by atoms with Crippen molar-refractivity contribution in [3.63, 3.8) is 0 Å². The standard InChI is InChI=1S/C8H7Cl2NO2/c1-13-8(12)7-6(10)3-2-5(4-9)11-7/h2-3H,4H2,1H3. The Morgan fingerprint density at radius 1 is 1.62 bits per heavy atom. The minimum Gasteiger partial charge on any atom is -0.464 e. The lowest BCUT2D eigenvalue weighted by Gasteiger charge is -2.02. The largest absolute Gasteiger partial charge is 0.464 e. The van der Waals surface area contributed by atoms with Crippen LogP contribution in [0.3, 0.4) is 0 Å². The van der Waals surface area contributed by atoms with E-state index in [0.717, 1.165) is 0 Å². The van der Waals surface area contributed by atoms with Crippen molar-refractivity contribution >= 4 is 29.2 Å². The first-order valence-corrected chi connectivity index (χ1v) is 4.40. The Morgan fingerprint density at radius 3 is 2.85 bits per heavy atom. The van der Waals surface area contributed by atoms with Crippen LogP contribution in [0.25, 0.3) is 0 Å². The van der Waals surface area contributed by atoms with Crippen molar-refractivity contribution < 1.29 is 9.53 Å². The number of pyridine rings is 1. The minimum atomic E-state index is -0.558. The zero-order chi connectivity index (χ0) is 9.84. The van der Waals surface area contributed by atoms with Crippen LogP contribution in [0.5, 0.6) is 0 Å². The first-order chi connectivity index (χ1) is 6.19. The zero-order valence-corrected chi connectivity index (χ0v) is 8.39. The van der Waals surface area contributed by atoms with Crippen LogP contribution in [-0.2, 0) is 10.6 Å². The summed E-state index contributed by atoms with van der Waals surface area (Å²) in [6.07, 6.45) is 0. The second-order valence-electron chi connectivity index (χ2n) is 2.26. The molecule has 1 aromatic rings. The molecule has 3 nitrogen and oxygen atoms in total. The number of nitrogens with zero attached hydrogens (tertiary/aromatic N) is 1. The smallest absolute Gasteiger partial charge is 0.358 e. The Bertz CT molecular complexity index is 328. The van der Waals surface area contributed by atoms with Gasteiger partial charge in [0.25, 0.3) is 0 Å². The molecule has 0 saturated heterocycles. The number of carbonyl (C=O) groups excluding carboxylic acids is 1. The summed E-state index contributed by atoms with van der Waals surface area (Å²) in [5.74, 6) is -0.321. The first kappa shape index (κ1) is 10.3. The van der Waals surface area contributed by atoms with E-state index in [4.69, 9.17) is 23.2 Å². The van der Waals surface area contributed by atoms with Crippen LogP contribution in [0.2, 0.25) is 5.02 Å². The van der Waals surface area contributed by atoms with Crippen LogP contribution in [0.15, 0.2) is 12.1 Å². The van der Waals surface area contributed by atoms with Gasteiger partial charge in [-0.2, -0.15) is 0 Å². The van der Waals surface area contributed by atoms with E-state index >= 15 is 0 Å². The predicted molar refractivity (Wildman–Crippen MR) is 50.1 cm³/mol. The van der Waals surface area contributed by atoms with Crippen molar-refractivity contribution in [3.05, 3.63) is 28.5 Å². The van der Waals surface area contributed by atoms with Gasteiger partial charge in [0.2, 0.25) is 0 Å². The van der Waals surface area contributed by atoms with Crippen LogP contribution in [-0.4, -0.2) is 18.1 Å². The molecule has 0 aliphatic heterocycles. The van der Waals surface area contributed by atoms with Crippen molar-refractivity contribution in [1.82, 2.24) is 4.98 Å². The Morgan fingerprint density at radius 2 is 2.31 bits per heavy atom. The third-order valence-electron chi connectivity index (χ3n) is 1.42. The van der Waals surface area contributed by atoms with E-state index in [2.05, 4.69) is 9.72 Å². The lowest BCUT2D eigenvalue weighted by Crippen LogP contribution is -2.06. The maximum absolute atomic E-state index is 11.1. The summed E-state index contributed by atoms with van der Waals surface area (Å²) in [4.78, 5) is 15.0. The molecular formula is C8H7Cl2NO2. The summed E-state index contributed by atoms with van der Waals surface area (Å²) >= 11 is 11.3. The molecule has 0 fully saturated rings. The number of alkyl halides is 1. The summed E-state index contributed by atoms with van der Waals surface area (Å²) in [5.41, 5.74) is 0.689. The number of aromatic nitrogens is 1. The molecule has 0 bridgehead atoms. The highest BCUT2D eigenvalue weighted by molar-refractivity contribution is 6.33. The van der Waals surface area contributed by atoms with Crippen LogP contribution in [0, 0.1) is 0 Å². The van der Waals surface area contributed by atoms with Gasteiger partial charge >= 0.3 is 5.97 Å². The second-order valence-corrected chi connectivity index (χ2v) is 2.93. The van der Waals surface area contributed by atoms with E-state index in [1.807, 2.05) is 0 Å². The molecule has 0 amide bonds. The number of hydrogen-bond acceptors (Lipinski definition) is 3. The molecule has 0 aromatic carbocycles. The Hall–Kier alpha value is -0.800. The van der Waals surface area contributed by atoms with E-state index in [1.165, 1.54) is 7.11 Å². The third-order valence-corrected chi connectivity index (χ3v) is 2.00. The van der Waals surface area contributed by atoms with Gasteiger partial charge in [-0.15, -0.1) is 11.6 Å². The lowest BCUT2D eigenvalue weighted by atomic mass is 10.3. The quantitative estimate of drug-likeness (QED) is 0.566. The number of carbonyl (C=O) groups is 1. The molecule has 0 radical (unpaired) electrons. The van der Waals surface area contributed by atoms with Gasteiger partial charge in [0.15, 0.2) is 5.69 Å². The molecule has 0 aliphatic rings. The number of ether oxygens (including phenoxy) is 1. The van der Waals surface area contributed by atoms with Crippen molar-refractivity contribution in [1.29, 1.82) is 0 Å². The fraction of sp³-hybridized carbons (Fsp3) is 0.250. The van der Waals surface area contributed by atoms with E-state index in [1.54, 1.807) is 12.1 Å². The number of rotatable bonds is 2. The molecular weight excluding hydrogens is 213 g/mol. The maximum Gasteiger partial charge on any atom is 0.358 e. The summed E-state index contributed by atoms with van der Waals surface area (Å²) in [6, 6.07) is 3.22. The molecule has 1 rings (SSSR count). The maximum atomic E-state index is 11.1. The highest BCUT2D eigenvalue weighted by Crippen LogP contribution is 2.15. The lowest BCUT2D eigenvalue weighted by molar-refractivity contribution is 0.0594. The van der Waals surface area contributed by atoms with Crippen LogP contribution < -0.4 is 0 Å². The fourth-order valence-corrected chi connectivity index (χ4v) is 1.13. The van der Waals surface area contributed by atoms with Crippen molar-refractivity contribution in [3.8, 4) is 0 Å².